The van der Waals surface area contributed by atoms with Gasteiger partial charge in [-0.1, -0.05) is 36.2 Å². The van der Waals surface area contributed by atoms with Crippen LogP contribution in [0.5, 0.6) is 11.5 Å². The van der Waals surface area contributed by atoms with E-state index >= 15 is 0 Å². The Hall–Kier alpha value is -2.69. The molecule has 2 amide bonds. The molecular formula is C25H31Cl2N3O6S. The summed E-state index contributed by atoms with van der Waals surface area (Å²) in [6.07, 6.45) is 0.724. The smallest absolute Gasteiger partial charge is 0.244 e. The van der Waals surface area contributed by atoms with Gasteiger partial charge < -0.3 is 19.7 Å². The Balaban J connectivity index is 1.96. The third-order valence-electron chi connectivity index (χ3n) is 5.87. The molecule has 0 radical (unpaired) electrons. The molecule has 2 aromatic rings. The van der Waals surface area contributed by atoms with E-state index in [2.05, 4.69) is 5.32 Å². The SMILES string of the molecule is CCCNC(=O)C(C)N(Cc1ccc(Cl)cc1Cl)C(=O)CN(c1ccc2c(c1)OCCO2)S(=O)(=O)CC. The molecule has 1 unspecified atom stereocenters. The molecule has 0 aromatic heterocycles. The van der Waals surface area contributed by atoms with E-state index in [9.17, 15) is 18.0 Å². The lowest BCUT2D eigenvalue weighted by atomic mass is 10.1. The van der Waals surface area contributed by atoms with Crippen LogP contribution in [-0.4, -0.2) is 63.2 Å². The lowest BCUT2D eigenvalue weighted by Crippen LogP contribution is -2.51. The first-order valence-corrected chi connectivity index (χ1v) is 14.3. The summed E-state index contributed by atoms with van der Waals surface area (Å²) < 4.78 is 38.3. The van der Waals surface area contributed by atoms with Crippen molar-refractivity contribution in [3.05, 3.63) is 52.0 Å². The zero-order valence-corrected chi connectivity index (χ0v) is 23.3. The van der Waals surface area contributed by atoms with Gasteiger partial charge >= 0.3 is 0 Å². The molecule has 0 fully saturated rings. The molecule has 37 heavy (non-hydrogen) atoms. The van der Waals surface area contributed by atoms with Crippen LogP contribution in [-0.2, 0) is 26.2 Å². The maximum atomic E-state index is 13.7. The van der Waals surface area contributed by atoms with Crippen molar-refractivity contribution in [1.29, 1.82) is 0 Å². The minimum atomic E-state index is -3.87. The van der Waals surface area contributed by atoms with Crippen LogP contribution in [0.3, 0.4) is 0 Å². The number of anilines is 1. The van der Waals surface area contributed by atoms with Crippen molar-refractivity contribution in [2.24, 2.45) is 0 Å². The van der Waals surface area contributed by atoms with E-state index in [0.29, 0.717) is 46.9 Å². The van der Waals surface area contributed by atoms with Crippen LogP contribution in [0.1, 0.15) is 32.8 Å². The quantitative estimate of drug-likeness (QED) is 0.439. The molecule has 9 nitrogen and oxygen atoms in total. The average Bonchev–Trinajstić information content (AvgIpc) is 2.89. The third kappa shape index (κ3) is 7.21. The third-order valence-corrected chi connectivity index (χ3v) is 8.19. The maximum Gasteiger partial charge on any atom is 0.244 e. The van der Waals surface area contributed by atoms with Gasteiger partial charge in [-0.05, 0) is 50.1 Å². The highest BCUT2D eigenvalue weighted by Crippen LogP contribution is 2.35. The van der Waals surface area contributed by atoms with E-state index in [1.165, 1.54) is 17.9 Å². The lowest BCUT2D eigenvalue weighted by Gasteiger charge is -2.32. The zero-order chi connectivity index (χ0) is 27.2. The first kappa shape index (κ1) is 28.9. The number of benzene rings is 2. The number of nitrogens with one attached hydrogen (secondary N) is 1. The van der Waals surface area contributed by atoms with E-state index in [1.54, 1.807) is 37.3 Å². The van der Waals surface area contributed by atoms with Crippen LogP contribution >= 0.6 is 23.2 Å². The van der Waals surface area contributed by atoms with Crippen molar-refractivity contribution in [3.8, 4) is 11.5 Å². The van der Waals surface area contributed by atoms with E-state index in [4.69, 9.17) is 32.7 Å². The normalized spacial score (nSPS) is 13.5. The van der Waals surface area contributed by atoms with Crippen LogP contribution < -0.4 is 19.1 Å². The van der Waals surface area contributed by atoms with Gasteiger partial charge in [0.1, 0.15) is 25.8 Å². The van der Waals surface area contributed by atoms with Gasteiger partial charge in [-0.15, -0.1) is 0 Å². The van der Waals surface area contributed by atoms with Crippen LogP contribution in [0.25, 0.3) is 0 Å². The fraction of sp³-hybridized carbons (Fsp3) is 0.440. The van der Waals surface area contributed by atoms with Crippen molar-refractivity contribution in [2.75, 3.05) is 36.4 Å². The van der Waals surface area contributed by atoms with Gasteiger partial charge in [-0.25, -0.2) is 8.42 Å². The second-order valence-electron chi connectivity index (χ2n) is 8.46. The standard InChI is InChI=1S/C25H31Cl2N3O6S/c1-4-10-28-25(32)17(3)29(15-18-6-7-19(26)13-21(18)27)24(31)16-30(37(33,34)5-2)20-8-9-22-23(14-20)36-12-11-35-22/h6-9,13-14,17H,4-5,10-12,15-16H2,1-3H3,(H,28,32). The van der Waals surface area contributed by atoms with Gasteiger partial charge in [0.25, 0.3) is 0 Å². The largest absolute Gasteiger partial charge is 0.486 e. The number of sulfonamides is 1. The topological polar surface area (TPSA) is 105 Å². The summed E-state index contributed by atoms with van der Waals surface area (Å²) in [5.74, 6) is -0.272. The summed E-state index contributed by atoms with van der Waals surface area (Å²) in [4.78, 5) is 27.8. The monoisotopic (exact) mass is 571 g/mol. The zero-order valence-electron chi connectivity index (χ0n) is 21.0. The minimum absolute atomic E-state index is 0.0172. The molecule has 1 atom stereocenters. The molecule has 0 saturated heterocycles. The fourth-order valence-electron chi connectivity index (χ4n) is 3.72. The number of rotatable bonds is 11. The van der Waals surface area contributed by atoms with Gasteiger partial charge in [0.2, 0.25) is 21.8 Å². The number of halogens is 2. The molecule has 202 valence electrons. The van der Waals surface area contributed by atoms with Crippen molar-refractivity contribution in [2.45, 2.75) is 39.8 Å². The molecular weight excluding hydrogens is 541 g/mol. The number of carbonyl (C=O) groups excluding carboxylic acids is 2. The Morgan fingerprint density at radius 1 is 1.05 bits per heavy atom. The van der Waals surface area contributed by atoms with Gasteiger partial charge in [-0.3, -0.25) is 13.9 Å². The first-order valence-electron chi connectivity index (χ1n) is 12.0. The van der Waals surface area contributed by atoms with Crippen molar-refractivity contribution >= 4 is 50.7 Å². The molecule has 0 saturated carbocycles. The molecule has 0 spiro atoms. The Kier molecular flexibility index (Phi) is 9.92. The summed E-state index contributed by atoms with van der Waals surface area (Å²) in [6.45, 7) is 5.63. The molecule has 12 heteroatoms. The van der Waals surface area contributed by atoms with Gasteiger partial charge in [0.05, 0.1) is 11.4 Å². The summed E-state index contributed by atoms with van der Waals surface area (Å²) in [5, 5.41) is 3.55. The van der Waals surface area contributed by atoms with Crippen LogP contribution in [0.2, 0.25) is 10.0 Å². The van der Waals surface area contributed by atoms with E-state index in [1.807, 2.05) is 6.92 Å². The number of hydrogen-bond donors (Lipinski definition) is 1. The summed E-state index contributed by atoms with van der Waals surface area (Å²) in [5.41, 5.74) is 0.825. The maximum absolute atomic E-state index is 13.7. The van der Waals surface area contributed by atoms with Crippen LogP contribution in [0, 0.1) is 0 Å². The highest BCUT2D eigenvalue weighted by Gasteiger charge is 2.32. The highest BCUT2D eigenvalue weighted by atomic mass is 35.5. The van der Waals surface area contributed by atoms with Crippen molar-refractivity contribution in [1.82, 2.24) is 10.2 Å². The van der Waals surface area contributed by atoms with E-state index < -0.39 is 28.5 Å². The minimum Gasteiger partial charge on any atom is -0.486 e. The number of ether oxygens (including phenoxy) is 2. The first-order chi connectivity index (χ1) is 17.6. The predicted octanol–water partition coefficient (Wildman–Crippen LogP) is 3.86. The Morgan fingerprint density at radius 2 is 1.76 bits per heavy atom. The Morgan fingerprint density at radius 3 is 2.41 bits per heavy atom. The van der Waals surface area contributed by atoms with Crippen LogP contribution in [0.15, 0.2) is 36.4 Å². The second kappa shape index (κ2) is 12.7. The van der Waals surface area contributed by atoms with Gasteiger partial charge in [0, 0.05) is 29.2 Å². The second-order valence-corrected chi connectivity index (χ2v) is 11.5. The molecule has 1 heterocycles. The van der Waals surface area contributed by atoms with E-state index in [0.717, 1.165) is 10.7 Å². The van der Waals surface area contributed by atoms with Crippen molar-refractivity contribution < 1.29 is 27.5 Å². The van der Waals surface area contributed by atoms with Gasteiger partial charge in [-0.2, -0.15) is 0 Å². The summed E-state index contributed by atoms with van der Waals surface area (Å²) in [6, 6.07) is 8.67. The lowest BCUT2D eigenvalue weighted by molar-refractivity contribution is -0.139. The number of hydrogen-bond acceptors (Lipinski definition) is 6. The molecule has 3 rings (SSSR count). The molecule has 1 N–H and O–H groups in total. The average molecular weight is 573 g/mol. The van der Waals surface area contributed by atoms with Crippen LogP contribution in [0.4, 0.5) is 5.69 Å². The molecule has 0 aliphatic carbocycles. The Bertz CT molecular complexity index is 1240. The molecule has 0 bridgehead atoms. The molecule has 1 aliphatic rings. The van der Waals surface area contributed by atoms with Crippen molar-refractivity contribution in [3.63, 3.8) is 0 Å². The molecule has 2 aromatic carbocycles. The van der Waals surface area contributed by atoms with Gasteiger partial charge in [0.15, 0.2) is 11.5 Å². The number of carbonyl (C=O) groups is 2. The summed E-state index contributed by atoms with van der Waals surface area (Å²) >= 11 is 12.4. The summed E-state index contributed by atoms with van der Waals surface area (Å²) in [7, 11) is -3.87. The van der Waals surface area contributed by atoms with E-state index in [-0.39, 0.29) is 23.9 Å². The fourth-order valence-corrected chi connectivity index (χ4v) is 5.24. The highest BCUT2D eigenvalue weighted by molar-refractivity contribution is 7.92. The Labute approximate surface area is 227 Å². The number of amides is 2. The number of nitrogens with zero attached hydrogens (tertiary/aromatic N) is 2. The predicted molar refractivity (Wildman–Crippen MR) is 144 cm³/mol. The number of fused-ring (bicyclic) bond motifs is 1. The molecule has 1 aliphatic heterocycles.